The highest BCUT2D eigenvalue weighted by Crippen LogP contribution is 2.26. The molecule has 6 nitrogen and oxygen atoms in total. The number of hydrogen-bond donors (Lipinski definition) is 1. The van der Waals surface area contributed by atoms with Crippen LogP contribution in [-0.2, 0) is 23.0 Å². The van der Waals surface area contributed by atoms with Crippen LogP contribution in [-0.4, -0.2) is 37.9 Å². The Morgan fingerprint density at radius 2 is 1.87 bits per heavy atom. The first-order chi connectivity index (χ1) is 14.0. The van der Waals surface area contributed by atoms with E-state index in [9.17, 15) is 13.2 Å². The molecule has 0 aromatic heterocycles. The lowest BCUT2D eigenvalue weighted by Crippen LogP contribution is -2.40. The molecule has 1 aliphatic heterocycles. The number of nitrogens with one attached hydrogen (secondary N) is 1. The molecule has 0 fully saturated rings. The van der Waals surface area contributed by atoms with E-state index in [2.05, 4.69) is 10.8 Å². The van der Waals surface area contributed by atoms with Crippen molar-refractivity contribution in [2.75, 3.05) is 13.2 Å². The van der Waals surface area contributed by atoms with Crippen molar-refractivity contribution in [1.82, 2.24) is 9.62 Å². The second-order valence-corrected chi connectivity index (χ2v) is 10.4. The van der Waals surface area contributed by atoms with Gasteiger partial charge in [-0.05, 0) is 82.0 Å². The van der Waals surface area contributed by atoms with Crippen molar-refractivity contribution < 1.29 is 17.9 Å². The topological polar surface area (TPSA) is 75.7 Å². The van der Waals surface area contributed by atoms with Gasteiger partial charge in [-0.1, -0.05) is 12.1 Å². The first-order valence-corrected chi connectivity index (χ1v) is 11.7. The molecule has 0 saturated carbocycles. The molecule has 3 rings (SSSR count). The number of sulfonamides is 1. The zero-order chi connectivity index (χ0) is 22.1. The smallest absolute Gasteiger partial charge is 0.254 e. The lowest BCUT2D eigenvalue weighted by Gasteiger charge is -2.30. The summed E-state index contributed by atoms with van der Waals surface area (Å²) in [6, 6.07) is 10.7. The van der Waals surface area contributed by atoms with Crippen LogP contribution in [0.5, 0.6) is 5.75 Å². The summed E-state index contributed by atoms with van der Waals surface area (Å²) in [6.07, 6.45) is 0.760. The van der Waals surface area contributed by atoms with E-state index in [-0.39, 0.29) is 10.8 Å². The molecule has 0 atom stereocenters. The summed E-state index contributed by atoms with van der Waals surface area (Å²) in [7, 11) is -3.72. The van der Waals surface area contributed by atoms with Gasteiger partial charge in [-0.3, -0.25) is 4.79 Å². The predicted octanol–water partition coefficient (Wildman–Crippen LogP) is 3.67. The molecular formula is C23H30N2O4S. The predicted molar refractivity (Wildman–Crippen MR) is 117 cm³/mol. The Kier molecular flexibility index (Phi) is 6.24. The molecule has 0 spiro atoms. The van der Waals surface area contributed by atoms with Crippen LogP contribution < -0.4 is 9.46 Å². The number of benzene rings is 2. The number of nitrogens with zero attached hydrogens (tertiary/aromatic N) is 1. The molecule has 1 heterocycles. The number of ether oxygens (including phenoxy) is 1. The Morgan fingerprint density at radius 1 is 1.13 bits per heavy atom. The highest BCUT2D eigenvalue weighted by atomic mass is 32.2. The molecule has 162 valence electrons. The molecule has 1 aliphatic rings. The van der Waals surface area contributed by atoms with E-state index >= 15 is 0 Å². The van der Waals surface area contributed by atoms with E-state index in [0.717, 1.165) is 23.3 Å². The summed E-state index contributed by atoms with van der Waals surface area (Å²) < 4.78 is 33.7. The third-order valence-corrected chi connectivity index (χ3v) is 6.73. The van der Waals surface area contributed by atoms with Gasteiger partial charge in [-0.2, -0.15) is 0 Å². The van der Waals surface area contributed by atoms with Crippen LogP contribution in [0.3, 0.4) is 0 Å². The van der Waals surface area contributed by atoms with Crippen LogP contribution in [0.1, 0.15) is 54.7 Å². The summed E-state index contributed by atoms with van der Waals surface area (Å²) in [5.41, 5.74) is 2.84. The third kappa shape index (κ3) is 5.02. The van der Waals surface area contributed by atoms with Crippen molar-refractivity contribution in [3.8, 4) is 5.75 Å². The van der Waals surface area contributed by atoms with Gasteiger partial charge in [0.2, 0.25) is 10.0 Å². The van der Waals surface area contributed by atoms with Crippen molar-refractivity contribution in [1.29, 1.82) is 0 Å². The number of carbonyl (C=O) groups excluding carboxylic acids is 1. The van der Waals surface area contributed by atoms with Gasteiger partial charge in [0.05, 0.1) is 11.5 Å². The fourth-order valence-corrected chi connectivity index (χ4v) is 5.04. The Bertz CT molecular complexity index is 1060. The van der Waals surface area contributed by atoms with Gasteiger partial charge < -0.3 is 9.64 Å². The molecule has 1 amide bonds. The molecule has 0 bridgehead atoms. The molecule has 2 aromatic carbocycles. The second kappa shape index (κ2) is 8.40. The summed E-state index contributed by atoms with van der Waals surface area (Å²) >= 11 is 0. The average molecular weight is 431 g/mol. The highest BCUT2D eigenvalue weighted by molar-refractivity contribution is 7.89. The average Bonchev–Trinajstić information content (AvgIpc) is 2.65. The monoisotopic (exact) mass is 430 g/mol. The maximum atomic E-state index is 13.3. The zero-order valence-corrected chi connectivity index (χ0v) is 19.1. The van der Waals surface area contributed by atoms with Crippen molar-refractivity contribution in [3.05, 3.63) is 58.7 Å². The van der Waals surface area contributed by atoms with Gasteiger partial charge in [0.1, 0.15) is 5.75 Å². The van der Waals surface area contributed by atoms with Crippen molar-refractivity contribution in [2.45, 2.75) is 58.0 Å². The fourth-order valence-electron chi connectivity index (χ4n) is 3.59. The minimum absolute atomic E-state index is 0.0995. The second-order valence-electron chi connectivity index (χ2n) is 8.67. The maximum Gasteiger partial charge on any atom is 0.254 e. The SMILES string of the molecule is CCOc1ccc2c(c1)CN(C(=O)c1cc(S(=O)(=O)NC(C)(C)C)ccc1C)CC2. The molecule has 2 aromatic rings. The fraction of sp³-hybridized carbons (Fsp3) is 0.435. The molecule has 0 unspecified atom stereocenters. The number of hydrogen-bond acceptors (Lipinski definition) is 4. The minimum atomic E-state index is -3.72. The molecule has 0 radical (unpaired) electrons. The van der Waals surface area contributed by atoms with Crippen LogP contribution >= 0.6 is 0 Å². The van der Waals surface area contributed by atoms with Crippen molar-refractivity contribution in [2.24, 2.45) is 0 Å². The van der Waals surface area contributed by atoms with Crippen LogP contribution in [0.15, 0.2) is 41.3 Å². The Hall–Kier alpha value is -2.38. The number of fused-ring (bicyclic) bond motifs is 1. The van der Waals surface area contributed by atoms with Gasteiger partial charge >= 0.3 is 0 Å². The summed E-state index contributed by atoms with van der Waals surface area (Å²) in [4.78, 5) is 15.2. The Labute approximate surface area is 179 Å². The minimum Gasteiger partial charge on any atom is -0.494 e. The first kappa shape index (κ1) is 22.3. The lowest BCUT2D eigenvalue weighted by atomic mass is 9.98. The quantitative estimate of drug-likeness (QED) is 0.785. The van der Waals surface area contributed by atoms with Gasteiger partial charge in [0, 0.05) is 24.2 Å². The van der Waals surface area contributed by atoms with E-state index in [1.54, 1.807) is 37.8 Å². The van der Waals surface area contributed by atoms with E-state index in [1.807, 2.05) is 26.0 Å². The van der Waals surface area contributed by atoms with Crippen molar-refractivity contribution >= 4 is 15.9 Å². The highest BCUT2D eigenvalue weighted by Gasteiger charge is 2.27. The summed E-state index contributed by atoms with van der Waals surface area (Å²) in [5, 5.41) is 0. The van der Waals surface area contributed by atoms with Crippen LogP contribution in [0, 0.1) is 6.92 Å². The molecule has 1 N–H and O–H groups in total. The number of carbonyl (C=O) groups is 1. The Balaban J connectivity index is 1.88. The molecular weight excluding hydrogens is 400 g/mol. The van der Waals surface area contributed by atoms with Gasteiger partial charge in [-0.25, -0.2) is 13.1 Å². The van der Waals surface area contributed by atoms with Crippen LogP contribution in [0.4, 0.5) is 0 Å². The third-order valence-electron chi connectivity index (χ3n) is 4.98. The summed E-state index contributed by atoms with van der Waals surface area (Å²) in [5.74, 6) is 0.635. The van der Waals surface area contributed by atoms with Crippen LogP contribution in [0.2, 0.25) is 0 Å². The maximum absolute atomic E-state index is 13.3. The van der Waals surface area contributed by atoms with E-state index in [0.29, 0.717) is 25.3 Å². The van der Waals surface area contributed by atoms with Gasteiger partial charge in [0.15, 0.2) is 0 Å². The first-order valence-electron chi connectivity index (χ1n) is 10.2. The van der Waals surface area contributed by atoms with E-state index in [1.165, 1.54) is 11.6 Å². The van der Waals surface area contributed by atoms with Gasteiger partial charge in [0.25, 0.3) is 5.91 Å². The standard InChI is InChI=1S/C23H30N2O4S/c1-6-29-19-9-8-17-11-12-25(15-18(17)13-19)22(26)21-14-20(10-7-16(21)2)30(27,28)24-23(3,4)5/h7-10,13-14,24H,6,11-12,15H2,1-5H3. The number of aryl methyl sites for hydroxylation is 1. The molecule has 30 heavy (non-hydrogen) atoms. The van der Waals surface area contributed by atoms with E-state index < -0.39 is 15.6 Å². The number of amides is 1. The zero-order valence-electron chi connectivity index (χ0n) is 18.3. The molecule has 0 aliphatic carbocycles. The van der Waals surface area contributed by atoms with Crippen LogP contribution in [0.25, 0.3) is 0 Å². The normalized spacial score (nSPS) is 14.4. The van der Waals surface area contributed by atoms with E-state index in [4.69, 9.17) is 4.74 Å². The Morgan fingerprint density at radius 3 is 2.53 bits per heavy atom. The number of rotatable bonds is 5. The van der Waals surface area contributed by atoms with Gasteiger partial charge in [-0.15, -0.1) is 0 Å². The molecule has 0 saturated heterocycles. The molecule has 7 heteroatoms. The lowest BCUT2D eigenvalue weighted by molar-refractivity contribution is 0.0733. The van der Waals surface area contributed by atoms with Crippen molar-refractivity contribution in [3.63, 3.8) is 0 Å². The largest absolute Gasteiger partial charge is 0.494 e. The summed E-state index contributed by atoms with van der Waals surface area (Å²) in [6.45, 7) is 10.8.